The molecule has 0 aliphatic heterocycles. The van der Waals surface area contributed by atoms with Crippen molar-refractivity contribution < 1.29 is 4.74 Å². The molecule has 1 aromatic rings. The van der Waals surface area contributed by atoms with Crippen LogP contribution in [0.5, 0.6) is 5.75 Å². The minimum atomic E-state index is 0.357. The molecule has 0 aliphatic rings. The molecule has 104 valence electrons. The van der Waals surface area contributed by atoms with Gasteiger partial charge in [-0.25, -0.2) is 0 Å². The average molecular weight is 324 g/mol. The molecule has 0 spiro atoms. The molecule has 0 saturated carbocycles. The Bertz CT molecular complexity index is 425. The molecule has 0 aliphatic carbocycles. The van der Waals surface area contributed by atoms with Crippen LogP contribution in [0.3, 0.4) is 0 Å². The highest BCUT2D eigenvalue weighted by atomic mass is 79.9. The number of ether oxygens (including phenoxy) is 1. The quantitative estimate of drug-likeness (QED) is 0.568. The molecule has 1 atom stereocenters. The second-order valence-electron chi connectivity index (χ2n) is 4.50. The summed E-state index contributed by atoms with van der Waals surface area (Å²) >= 11 is 3.54. The predicted molar refractivity (Wildman–Crippen MR) is 84.4 cm³/mol. The number of benzene rings is 1. The summed E-state index contributed by atoms with van der Waals surface area (Å²) in [6, 6.07) is 6.60. The van der Waals surface area contributed by atoms with Gasteiger partial charge in [-0.15, -0.1) is 12.3 Å². The van der Waals surface area contributed by atoms with Crippen LogP contribution in [0.25, 0.3) is 0 Å². The van der Waals surface area contributed by atoms with Crippen molar-refractivity contribution in [3.8, 4) is 18.1 Å². The first kappa shape index (κ1) is 16.1. The first-order chi connectivity index (χ1) is 9.22. The summed E-state index contributed by atoms with van der Waals surface area (Å²) in [6.45, 7) is 3.19. The van der Waals surface area contributed by atoms with Crippen molar-refractivity contribution in [2.45, 2.75) is 38.6 Å². The highest BCUT2D eigenvalue weighted by molar-refractivity contribution is 9.10. The van der Waals surface area contributed by atoms with Crippen LogP contribution < -0.4 is 10.1 Å². The number of hydrogen-bond acceptors (Lipinski definition) is 2. The van der Waals surface area contributed by atoms with Crippen LogP contribution in [-0.4, -0.2) is 13.7 Å². The van der Waals surface area contributed by atoms with Gasteiger partial charge in [-0.3, -0.25) is 0 Å². The molecular weight excluding hydrogens is 302 g/mol. The fourth-order valence-electron chi connectivity index (χ4n) is 2.01. The molecule has 0 bridgehead atoms. The van der Waals surface area contributed by atoms with Gasteiger partial charge in [0, 0.05) is 12.5 Å². The fourth-order valence-corrected chi connectivity index (χ4v) is 2.57. The van der Waals surface area contributed by atoms with Crippen molar-refractivity contribution in [2.24, 2.45) is 0 Å². The monoisotopic (exact) mass is 323 g/mol. The highest BCUT2D eigenvalue weighted by Crippen LogP contribution is 2.29. The molecule has 19 heavy (non-hydrogen) atoms. The van der Waals surface area contributed by atoms with Crippen LogP contribution in [0.4, 0.5) is 0 Å². The molecule has 0 saturated heterocycles. The summed E-state index contributed by atoms with van der Waals surface area (Å²) in [7, 11) is 1.68. The van der Waals surface area contributed by atoms with E-state index in [1.165, 1.54) is 5.56 Å². The van der Waals surface area contributed by atoms with Gasteiger partial charge in [0.05, 0.1) is 11.6 Å². The van der Waals surface area contributed by atoms with Crippen molar-refractivity contribution in [1.82, 2.24) is 5.32 Å². The molecule has 0 heterocycles. The zero-order valence-corrected chi connectivity index (χ0v) is 13.3. The number of methoxy groups -OCH3 is 1. The van der Waals surface area contributed by atoms with E-state index >= 15 is 0 Å². The van der Waals surface area contributed by atoms with Gasteiger partial charge in [0.2, 0.25) is 0 Å². The van der Waals surface area contributed by atoms with Gasteiger partial charge in [-0.05, 0) is 59.4 Å². The molecule has 3 heteroatoms. The standard InChI is InChI=1S/C16H22BrNO/c1-4-6-7-8-15(18-11-5-2)13-9-10-16(19-3)14(17)12-13/h1,9-10,12,15,18H,5-8,11H2,2-3H3. The van der Waals surface area contributed by atoms with Crippen molar-refractivity contribution in [3.63, 3.8) is 0 Å². The predicted octanol–water partition coefficient (Wildman–Crippen LogP) is 4.30. The van der Waals surface area contributed by atoms with E-state index in [1.807, 2.05) is 6.07 Å². The Balaban J connectivity index is 2.77. The second kappa shape index (κ2) is 9.01. The maximum Gasteiger partial charge on any atom is 0.133 e. The minimum Gasteiger partial charge on any atom is -0.496 e. The molecule has 0 fully saturated rings. The maximum absolute atomic E-state index is 5.32. The van der Waals surface area contributed by atoms with E-state index < -0.39 is 0 Å². The van der Waals surface area contributed by atoms with Crippen LogP contribution in [0.2, 0.25) is 0 Å². The van der Waals surface area contributed by atoms with E-state index in [4.69, 9.17) is 11.2 Å². The number of nitrogens with one attached hydrogen (secondary N) is 1. The summed E-state index contributed by atoms with van der Waals surface area (Å²) in [6.07, 6.45) is 9.39. The third kappa shape index (κ3) is 5.26. The van der Waals surface area contributed by atoms with Gasteiger partial charge in [-0.1, -0.05) is 13.0 Å². The zero-order chi connectivity index (χ0) is 14.1. The topological polar surface area (TPSA) is 21.3 Å². The normalized spacial score (nSPS) is 11.9. The number of rotatable bonds is 8. The number of unbranched alkanes of at least 4 members (excludes halogenated alkanes) is 1. The molecule has 1 rings (SSSR count). The van der Waals surface area contributed by atoms with Crippen molar-refractivity contribution in [3.05, 3.63) is 28.2 Å². The van der Waals surface area contributed by atoms with E-state index in [2.05, 4.69) is 46.2 Å². The molecule has 1 unspecified atom stereocenters. The third-order valence-electron chi connectivity index (χ3n) is 3.03. The van der Waals surface area contributed by atoms with Crippen molar-refractivity contribution in [1.29, 1.82) is 0 Å². The SMILES string of the molecule is C#CCCCC(NCCC)c1ccc(OC)c(Br)c1. The molecule has 0 amide bonds. The molecule has 1 N–H and O–H groups in total. The van der Waals surface area contributed by atoms with E-state index in [1.54, 1.807) is 7.11 Å². The lowest BCUT2D eigenvalue weighted by Crippen LogP contribution is -2.22. The van der Waals surface area contributed by atoms with Gasteiger partial charge in [0.25, 0.3) is 0 Å². The summed E-state index contributed by atoms with van der Waals surface area (Å²) < 4.78 is 6.26. The summed E-state index contributed by atoms with van der Waals surface area (Å²) in [5.41, 5.74) is 1.28. The maximum atomic E-state index is 5.32. The van der Waals surface area contributed by atoms with Crippen molar-refractivity contribution in [2.75, 3.05) is 13.7 Å². The number of halogens is 1. The van der Waals surface area contributed by atoms with E-state index in [0.29, 0.717) is 6.04 Å². The van der Waals surface area contributed by atoms with Gasteiger partial charge < -0.3 is 10.1 Å². The molecular formula is C16H22BrNO. The Hall–Kier alpha value is -0.980. The van der Waals surface area contributed by atoms with Gasteiger partial charge in [0.15, 0.2) is 0 Å². The van der Waals surface area contributed by atoms with E-state index in [9.17, 15) is 0 Å². The van der Waals surface area contributed by atoms with Crippen LogP contribution in [-0.2, 0) is 0 Å². The highest BCUT2D eigenvalue weighted by Gasteiger charge is 2.12. The average Bonchev–Trinajstić information content (AvgIpc) is 2.42. The van der Waals surface area contributed by atoms with Crippen LogP contribution >= 0.6 is 15.9 Å². The summed E-state index contributed by atoms with van der Waals surface area (Å²) in [5.74, 6) is 3.57. The van der Waals surface area contributed by atoms with Gasteiger partial charge in [-0.2, -0.15) is 0 Å². The molecule has 1 aromatic carbocycles. The Labute approximate surface area is 125 Å². The van der Waals surface area contributed by atoms with Crippen LogP contribution in [0, 0.1) is 12.3 Å². The second-order valence-corrected chi connectivity index (χ2v) is 5.35. The summed E-state index contributed by atoms with van der Waals surface area (Å²) in [5, 5.41) is 3.58. The Morgan fingerprint density at radius 3 is 2.84 bits per heavy atom. The molecule has 2 nitrogen and oxygen atoms in total. The van der Waals surface area contributed by atoms with E-state index in [-0.39, 0.29) is 0 Å². The van der Waals surface area contributed by atoms with Gasteiger partial charge >= 0.3 is 0 Å². The molecule has 0 radical (unpaired) electrons. The lowest BCUT2D eigenvalue weighted by molar-refractivity contribution is 0.411. The number of terminal acetylenes is 1. The van der Waals surface area contributed by atoms with E-state index in [0.717, 1.165) is 42.5 Å². The number of hydrogen-bond donors (Lipinski definition) is 1. The van der Waals surface area contributed by atoms with Crippen LogP contribution in [0.15, 0.2) is 22.7 Å². The smallest absolute Gasteiger partial charge is 0.133 e. The van der Waals surface area contributed by atoms with Crippen LogP contribution in [0.1, 0.15) is 44.2 Å². The Kier molecular flexibility index (Phi) is 7.62. The largest absolute Gasteiger partial charge is 0.496 e. The summed E-state index contributed by atoms with van der Waals surface area (Å²) in [4.78, 5) is 0. The Morgan fingerprint density at radius 2 is 2.26 bits per heavy atom. The first-order valence-corrected chi connectivity index (χ1v) is 7.52. The lowest BCUT2D eigenvalue weighted by atomic mass is 10.0. The Morgan fingerprint density at radius 1 is 1.47 bits per heavy atom. The third-order valence-corrected chi connectivity index (χ3v) is 3.65. The molecule has 0 aromatic heterocycles. The van der Waals surface area contributed by atoms with Gasteiger partial charge in [0.1, 0.15) is 5.75 Å². The zero-order valence-electron chi connectivity index (χ0n) is 11.7. The minimum absolute atomic E-state index is 0.357. The van der Waals surface area contributed by atoms with Crippen molar-refractivity contribution >= 4 is 15.9 Å². The fraction of sp³-hybridized carbons (Fsp3) is 0.500. The lowest BCUT2D eigenvalue weighted by Gasteiger charge is -2.19. The first-order valence-electron chi connectivity index (χ1n) is 6.73.